The molecule has 0 bridgehead atoms. The number of para-hydroxylation sites is 1. The molecule has 2 aliphatic carbocycles. The van der Waals surface area contributed by atoms with Gasteiger partial charge in [0, 0.05) is 64.4 Å². The highest BCUT2D eigenvalue weighted by Crippen LogP contribution is 2.57. The van der Waals surface area contributed by atoms with Crippen LogP contribution in [0.2, 0.25) is 0 Å². The van der Waals surface area contributed by atoms with E-state index in [4.69, 9.17) is 4.42 Å². The summed E-state index contributed by atoms with van der Waals surface area (Å²) in [6.07, 6.45) is 0. The average molecular weight is 826 g/mol. The Labute approximate surface area is 371 Å². The predicted octanol–water partition coefficient (Wildman–Crippen LogP) is 17.4. The van der Waals surface area contributed by atoms with E-state index < -0.39 is 0 Å². The molecule has 2 aliphatic rings. The number of anilines is 3. The van der Waals surface area contributed by atoms with Crippen molar-refractivity contribution in [1.29, 1.82) is 0 Å². The summed E-state index contributed by atoms with van der Waals surface area (Å²) in [5.74, 6) is 0. The number of furan rings is 1. The third kappa shape index (κ3) is 5.18. The van der Waals surface area contributed by atoms with E-state index in [1.807, 2.05) is 11.3 Å². The van der Waals surface area contributed by atoms with Gasteiger partial charge in [0.15, 0.2) is 0 Å². The lowest BCUT2D eigenvalue weighted by Gasteiger charge is -2.30. The number of nitrogens with zero attached hydrogens (tertiary/aromatic N) is 1. The van der Waals surface area contributed by atoms with E-state index in [9.17, 15) is 0 Å². The molecule has 2 nitrogen and oxygen atoms in total. The van der Waals surface area contributed by atoms with Gasteiger partial charge >= 0.3 is 0 Å². The van der Waals surface area contributed by atoms with Gasteiger partial charge in [0.2, 0.25) is 0 Å². The quantitative estimate of drug-likeness (QED) is 0.172. The van der Waals surface area contributed by atoms with E-state index in [-0.39, 0.29) is 10.8 Å². The fraction of sp³-hybridized carbons (Fsp3) is 0.100. The second kappa shape index (κ2) is 13.2. The molecule has 0 unspecified atom stereocenters. The molecule has 2 aromatic heterocycles. The van der Waals surface area contributed by atoms with Gasteiger partial charge < -0.3 is 9.32 Å². The second-order valence-electron chi connectivity index (χ2n) is 18.4. The van der Waals surface area contributed by atoms with Crippen molar-refractivity contribution in [2.24, 2.45) is 0 Å². The number of hydrogen-bond donors (Lipinski definition) is 0. The van der Waals surface area contributed by atoms with Crippen LogP contribution in [0.15, 0.2) is 192 Å². The molecule has 300 valence electrons. The maximum Gasteiger partial charge on any atom is 0.136 e. The Hall–Kier alpha value is -7.20. The van der Waals surface area contributed by atoms with Crippen LogP contribution in [0.3, 0.4) is 0 Å². The molecule has 0 N–H and O–H groups in total. The molecule has 0 spiro atoms. The Morgan fingerprint density at radius 2 is 1.00 bits per heavy atom. The molecular formula is C60H43NOS. The highest BCUT2D eigenvalue weighted by atomic mass is 32.1. The van der Waals surface area contributed by atoms with Crippen molar-refractivity contribution in [3.8, 4) is 44.5 Å². The monoisotopic (exact) mass is 825 g/mol. The van der Waals surface area contributed by atoms with Crippen molar-refractivity contribution in [2.75, 3.05) is 4.90 Å². The van der Waals surface area contributed by atoms with E-state index in [1.54, 1.807) is 0 Å². The minimum atomic E-state index is -0.294. The third-order valence-corrected chi connectivity index (χ3v) is 15.5. The topological polar surface area (TPSA) is 16.4 Å². The van der Waals surface area contributed by atoms with E-state index in [1.165, 1.54) is 92.3 Å². The van der Waals surface area contributed by atoms with Gasteiger partial charge in [0.25, 0.3) is 0 Å². The summed E-state index contributed by atoms with van der Waals surface area (Å²) in [6.45, 7) is 9.50. The van der Waals surface area contributed by atoms with Crippen molar-refractivity contribution in [3.05, 3.63) is 210 Å². The number of rotatable bonds is 5. The Morgan fingerprint density at radius 3 is 1.81 bits per heavy atom. The van der Waals surface area contributed by atoms with E-state index in [0.717, 1.165) is 33.6 Å². The molecule has 0 amide bonds. The largest absolute Gasteiger partial charge is 0.456 e. The molecule has 9 aromatic carbocycles. The fourth-order valence-electron chi connectivity index (χ4n) is 11.1. The number of thiophene rings is 1. The van der Waals surface area contributed by atoms with E-state index in [0.29, 0.717) is 0 Å². The van der Waals surface area contributed by atoms with Crippen LogP contribution in [0.1, 0.15) is 49.9 Å². The van der Waals surface area contributed by atoms with Crippen LogP contribution in [-0.2, 0) is 10.8 Å². The maximum atomic E-state index is 6.66. The molecule has 0 aliphatic heterocycles. The zero-order valence-electron chi connectivity index (χ0n) is 35.7. The van der Waals surface area contributed by atoms with Crippen LogP contribution in [0.25, 0.3) is 86.6 Å². The molecule has 0 saturated carbocycles. The minimum Gasteiger partial charge on any atom is -0.456 e. The average Bonchev–Trinajstić information content (AvgIpc) is 4.02. The van der Waals surface area contributed by atoms with Gasteiger partial charge in [-0.15, -0.1) is 11.3 Å². The highest BCUT2D eigenvalue weighted by Gasteiger charge is 2.40. The van der Waals surface area contributed by atoms with Gasteiger partial charge in [-0.25, -0.2) is 0 Å². The molecule has 2 heterocycles. The predicted molar refractivity (Wildman–Crippen MR) is 267 cm³/mol. The van der Waals surface area contributed by atoms with Crippen LogP contribution in [0.4, 0.5) is 17.1 Å². The van der Waals surface area contributed by atoms with E-state index >= 15 is 0 Å². The maximum absolute atomic E-state index is 6.66. The van der Waals surface area contributed by atoms with Gasteiger partial charge in [-0.05, 0) is 116 Å². The van der Waals surface area contributed by atoms with E-state index in [2.05, 4.69) is 221 Å². The Kier molecular flexibility index (Phi) is 7.61. The smallest absolute Gasteiger partial charge is 0.136 e. The summed E-state index contributed by atoms with van der Waals surface area (Å²) < 4.78 is 9.31. The third-order valence-electron chi connectivity index (χ3n) is 14.3. The first-order chi connectivity index (χ1) is 30.8. The summed E-state index contributed by atoms with van der Waals surface area (Å²) in [7, 11) is 0. The summed E-state index contributed by atoms with van der Waals surface area (Å²) in [5, 5.41) is 4.97. The Morgan fingerprint density at radius 1 is 0.397 bits per heavy atom. The van der Waals surface area contributed by atoms with Crippen LogP contribution in [-0.4, -0.2) is 0 Å². The summed E-state index contributed by atoms with van der Waals surface area (Å²) >= 11 is 1.88. The van der Waals surface area contributed by atoms with Crippen molar-refractivity contribution < 1.29 is 4.42 Å². The Bertz CT molecular complexity index is 3680. The van der Waals surface area contributed by atoms with Crippen molar-refractivity contribution in [1.82, 2.24) is 0 Å². The standard InChI is InChI=1S/C60H43NOS/c1-59(2)48-22-11-8-17-42(48)43-31-29-39(33-49(43)59)61(38-27-25-36(26-28-38)41-20-14-21-45-44-18-10-13-24-54(44)63-58(41)45)40-30-32-46-50(34-40)60(3,4)51-35-53-57(47-19-9-12-23-52(47)62-53)55(56(46)51)37-15-6-5-7-16-37/h5-35H,1-4H3. The molecule has 11 aromatic rings. The number of fused-ring (bicyclic) bond motifs is 12. The molecule has 0 atom stereocenters. The zero-order chi connectivity index (χ0) is 42.2. The molecule has 63 heavy (non-hydrogen) atoms. The lowest BCUT2D eigenvalue weighted by Crippen LogP contribution is -2.18. The molecular weight excluding hydrogens is 783 g/mol. The summed E-state index contributed by atoms with van der Waals surface area (Å²) in [4.78, 5) is 2.47. The highest BCUT2D eigenvalue weighted by molar-refractivity contribution is 7.26. The SMILES string of the molecule is CC1(C)c2ccccc2-c2ccc(N(c3ccc(-c4cccc5c4sc4ccccc45)cc3)c3ccc4c(c3)C(C)(C)c3cc5oc6ccccc6c5c(-c5ccccc5)c3-4)cc21. The number of benzene rings is 9. The second-order valence-corrected chi connectivity index (χ2v) is 19.5. The van der Waals surface area contributed by atoms with Gasteiger partial charge in [0.05, 0.1) is 0 Å². The van der Waals surface area contributed by atoms with Crippen molar-refractivity contribution in [3.63, 3.8) is 0 Å². The molecule has 0 radical (unpaired) electrons. The first-order valence-corrected chi connectivity index (χ1v) is 22.8. The van der Waals surface area contributed by atoms with Gasteiger partial charge in [-0.2, -0.15) is 0 Å². The Balaban J connectivity index is 1.00. The van der Waals surface area contributed by atoms with Crippen molar-refractivity contribution >= 4 is 70.5 Å². The number of hydrogen-bond acceptors (Lipinski definition) is 3. The summed E-state index contributed by atoms with van der Waals surface area (Å²) in [5.41, 5.74) is 20.4. The lowest BCUT2D eigenvalue weighted by molar-refractivity contribution is 0.647. The minimum absolute atomic E-state index is 0.128. The van der Waals surface area contributed by atoms with Gasteiger partial charge in [-0.3, -0.25) is 0 Å². The first kappa shape index (κ1) is 36.5. The van der Waals surface area contributed by atoms with Crippen LogP contribution in [0.5, 0.6) is 0 Å². The van der Waals surface area contributed by atoms with Crippen LogP contribution in [0, 0.1) is 0 Å². The van der Waals surface area contributed by atoms with Crippen molar-refractivity contribution in [2.45, 2.75) is 38.5 Å². The van der Waals surface area contributed by atoms with Gasteiger partial charge in [-0.1, -0.05) is 161 Å². The normalized spacial score (nSPS) is 14.3. The van der Waals surface area contributed by atoms with Gasteiger partial charge in [0.1, 0.15) is 11.2 Å². The fourth-order valence-corrected chi connectivity index (χ4v) is 12.4. The summed E-state index contributed by atoms with van der Waals surface area (Å²) in [6, 6.07) is 69.7. The van der Waals surface area contributed by atoms with Crippen LogP contribution >= 0.6 is 11.3 Å². The van der Waals surface area contributed by atoms with Crippen LogP contribution < -0.4 is 4.90 Å². The molecule has 13 rings (SSSR count). The zero-order valence-corrected chi connectivity index (χ0v) is 36.5. The first-order valence-electron chi connectivity index (χ1n) is 22.0. The molecule has 3 heteroatoms. The lowest BCUT2D eigenvalue weighted by atomic mass is 9.81. The molecule has 0 saturated heterocycles. The molecule has 0 fully saturated rings.